The lowest BCUT2D eigenvalue weighted by Gasteiger charge is -2.27. The van der Waals surface area contributed by atoms with E-state index in [4.69, 9.17) is 9.47 Å². The summed E-state index contributed by atoms with van der Waals surface area (Å²) >= 11 is 0. The summed E-state index contributed by atoms with van der Waals surface area (Å²) in [6.45, 7) is 7.96. The lowest BCUT2D eigenvalue weighted by Crippen LogP contribution is -2.29. The standard InChI is InChI=1S/C29H28N2O5/c1-4-30(5-2)21-13-8-19(9-14-21)26-25(27(32)20-10-15-23-24(16-20)36-17-35-23)28(33)29(34)31(26)22-11-6-18(3)7-12-22/h6-16,26,32H,4-5,17H2,1-3H3/b27-25-. The minimum absolute atomic E-state index is 0.0371. The Bertz CT molecular complexity index is 1340. The molecule has 2 aliphatic heterocycles. The lowest BCUT2D eigenvalue weighted by molar-refractivity contribution is -0.132. The van der Waals surface area contributed by atoms with Crippen LogP contribution in [0.25, 0.3) is 5.76 Å². The number of ether oxygens (including phenoxy) is 2. The van der Waals surface area contributed by atoms with E-state index in [1.54, 1.807) is 18.2 Å². The first-order chi connectivity index (χ1) is 17.4. The Balaban J connectivity index is 1.66. The Labute approximate surface area is 210 Å². The SMILES string of the molecule is CCN(CC)c1ccc(C2/C(=C(/O)c3ccc4c(c3)OCO4)C(=O)C(=O)N2c2ccc(C)cc2)cc1. The Hall–Kier alpha value is -4.26. The van der Waals surface area contributed by atoms with Crippen LogP contribution >= 0.6 is 0 Å². The third kappa shape index (κ3) is 3.96. The molecule has 1 atom stereocenters. The molecule has 2 aliphatic rings. The number of aryl methyl sites for hydroxylation is 1. The van der Waals surface area contributed by atoms with Crippen molar-refractivity contribution in [3.63, 3.8) is 0 Å². The monoisotopic (exact) mass is 484 g/mol. The molecule has 1 saturated heterocycles. The molecule has 7 nitrogen and oxygen atoms in total. The van der Waals surface area contributed by atoms with E-state index in [2.05, 4.69) is 18.7 Å². The zero-order valence-corrected chi connectivity index (χ0v) is 20.5. The van der Waals surface area contributed by atoms with Crippen LogP contribution < -0.4 is 19.3 Å². The smallest absolute Gasteiger partial charge is 0.300 e. The quantitative estimate of drug-likeness (QED) is 0.295. The highest BCUT2D eigenvalue weighted by atomic mass is 16.7. The van der Waals surface area contributed by atoms with Gasteiger partial charge in [-0.25, -0.2) is 0 Å². The molecule has 1 unspecified atom stereocenters. The van der Waals surface area contributed by atoms with Crippen molar-refractivity contribution in [3.8, 4) is 11.5 Å². The fourth-order valence-electron chi connectivity index (χ4n) is 4.78. The zero-order valence-electron chi connectivity index (χ0n) is 20.5. The largest absolute Gasteiger partial charge is 0.507 e. The van der Waals surface area contributed by atoms with E-state index in [-0.39, 0.29) is 18.1 Å². The van der Waals surface area contributed by atoms with Gasteiger partial charge in [0.25, 0.3) is 11.7 Å². The third-order valence-electron chi connectivity index (χ3n) is 6.74. The molecule has 7 heteroatoms. The average molecular weight is 485 g/mol. The van der Waals surface area contributed by atoms with E-state index < -0.39 is 17.7 Å². The summed E-state index contributed by atoms with van der Waals surface area (Å²) in [6, 6.07) is 19.4. The second-order valence-corrected chi connectivity index (χ2v) is 8.84. The van der Waals surface area contributed by atoms with Gasteiger partial charge in [0.05, 0.1) is 11.6 Å². The predicted molar refractivity (Wildman–Crippen MR) is 139 cm³/mol. The van der Waals surface area contributed by atoms with Crippen LogP contribution in [-0.4, -0.2) is 36.7 Å². The second kappa shape index (κ2) is 9.41. The van der Waals surface area contributed by atoms with Crippen LogP contribution in [0.15, 0.2) is 72.3 Å². The molecule has 0 saturated carbocycles. The molecule has 184 valence electrons. The summed E-state index contributed by atoms with van der Waals surface area (Å²) in [6.07, 6.45) is 0. The Morgan fingerprint density at radius 3 is 2.28 bits per heavy atom. The Morgan fingerprint density at radius 1 is 0.944 bits per heavy atom. The average Bonchev–Trinajstić information content (AvgIpc) is 3.47. The summed E-state index contributed by atoms with van der Waals surface area (Å²) in [5.74, 6) is -0.622. The molecule has 0 aromatic heterocycles. The maximum absolute atomic E-state index is 13.4. The summed E-state index contributed by atoms with van der Waals surface area (Å²) < 4.78 is 10.8. The van der Waals surface area contributed by atoms with Crippen molar-refractivity contribution in [1.29, 1.82) is 0 Å². The number of aliphatic hydroxyl groups is 1. The summed E-state index contributed by atoms with van der Waals surface area (Å²) in [5.41, 5.74) is 3.82. The van der Waals surface area contributed by atoms with E-state index in [1.807, 2.05) is 55.5 Å². The van der Waals surface area contributed by atoms with Crippen LogP contribution in [0.5, 0.6) is 11.5 Å². The minimum atomic E-state index is -0.788. The van der Waals surface area contributed by atoms with Crippen molar-refractivity contribution >= 4 is 28.8 Å². The van der Waals surface area contributed by atoms with Crippen LogP contribution in [-0.2, 0) is 9.59 Å². The molecule has 36 heavy (non-hydrogen) atoms. The first-order valence-corrected chi connectivity index (χ1v) is 12.1. The Morgan fingerprint density at radius 2 is 1.61 bits per heavy atom. The molecular formula is C29H28N2O5. The van der Waals surface area contributed by atoms with E-state index >= 15 is 0 Å². The number of benzene rings is 3. The first-order valence-electron chi connectivity index (χ1n) is 12.1. The number of nitrogens with zero attached hydrogens (tertiary/aromatic N) is 2. The highest BCUT2D eigenvalue weighted by Gasteiger charge is 2.47. The lowest BCUT2D eigenvalue weighted by atomic mass is 9.94. The van der Waals surface area contributed by atoms with Crippen LogP contribution in [0.3, 0.4) is 0 Å². The topological polar surface area (TPSA) is 79.3 Å². The van der Waals surface area contributed by atoms with Gasteiger partial charge in [0.2, 0.25) is 6.79 Å². The Kier molecular flexibility index (Phi) is 6.14. The number of anilines is 2. The van der Waals surface area contributed by atoms with Gasteiger partial charge in [0, 0.05) is 30.0 Å². The van der Waals surface area contributed by atoms with Gasteiger partial charge in [-0.2, -0.15) is 0 Å². The number of ketones is 1. The molecule has 0 bridgehead atoms. The molecule has 0 spiro atoms. The van der Waals surface area contributed by atoms with Gasteiger partial charge in [0.1, 0.15) is 5.76 Å². The summed E-state index contributed by atoms with van der Waals surface area (Å²) in [5, 5.41) is 11.4. The predicted octanol–water partition coefficient (Wildman–Crippen LogP) is 5.20. The highest BCUT2D eigenvalue weighted by molar-refractivity contribution is 6.51. The molecular weight excluding hydrogens is 456 g/mol. The van der Waals surface area contributed by atoms with Crippen LogP contribution in [0, 0.1) is 6.92 Å². The molecule has 2 heterocycles. The number of aliphatic hydroxyl groups excluding tert-OH is 1. The molecule has 3 aromatic carbocycles. The number of amides is 1. The van der Waals surface area contributed by atoms with Crippen molar-refractivity contribution in [3.05, 3.63) is 89.0 Å². The normalized spacial score (nSPS) is 18.1. The highest BCUT2D eigenvalue weighted by Crippen LogP contribution is 2.43. The van der Waals surface area contributed by atoms with Gasteiger partial charge in [-0.1, -0.05) is 29.8 Å². The molecule has 0 aliphatic carbocycles. The van der Waals surface area contributed by atoms with Gasteiger partial charge >= 0.3 is 0 Å². The van der Waals surface area contributed by atoms with E-state index in [1.165, 1.54) is 4.90 Å². The summed E-state index contributed by atoms with van der Waals surface area (Å²) in [7, 11) is 0. The number of fused-ring (bicyclic) bond motifs is 1. The minimum Gasteiger partial charge on any atom is -0.507 e. The van der Waals surface area contributed by atoms with Crippen molar-refractivity contribution in [2.75, 3.05) is 29.7 Å². The molecule has 3 aromatic rings. The number of carbonyl (C=O) groups is 2. The van der Waals surface area contributed by atoms with Gasteiger partial charge in [-0.3, -0.25) is 14.5 Å². The number of rotatable bonds is 6. The van der Waals surface area contributed by atoms with Gasteiger partial charge < -0.3 is 19.5 Å². The number of hydrogen-bond donors (Lipinski definition) is 1. The zero-order chi connectivity index (χ0) is 25.4. The molecule has 5 rings (SSSR count). The van der Waals surface area contributed by atoms with E-state index in [9.17, 15) is 14.7 Å². The van der Waals surface area contributed by atoms with E-state index in [0.717, 1.165) is 29.9 Å². The van der Waals surface area contributed by atoms with Crippen LogP contribution in [0.2, 0.25) is 0 Å². The number of carbonyl (C=O) groups excluding carboxylic acids is 2. The van der Waals surface area contributed by atoms with Gasteiger partial charge in [-0.05, 0) is 68.8 Å². The second-order valence-electron chi connectivity index (χ2n) is 8.84. The molecule has 1 fully saturated rings. The van der Waals surface area contributed by atoms with Crippen molar-refractivity contribution in [1.82, 2.24) is 0 Å². The molecule has 0 radical (unpaired) electrons. The fraction of sp³-hybridized carbons (Fsp3) is 0.241. The van der Waals surface area contributed by atoms with Crippen molar-refractivity contribution < 1.29 is 24.2 Å². The number of hydrogen-bond acceptors (Lipinski definition) is 6. The van der Waals surface area contributed by atoms with Crippen molar-refractivity contribution in [2.24, 2.45) is 0 Å². The first kappa shape index (κ1) is 23.5. The van der Waals surface area contributed by atoms with Gasteiger partial charge in [-0.15, -0.1) is 0 Å². The maximum atomic E-state index is 13.4. The fourth-order valence-corrected chi connectivity index (χ4v) is 4.78. The maximum Gasteiger partial charge on any atom is 0.300 e. The van der Waals surface area contributed by atoms with Crippen LogP contribution in [0.1, 0.15) is 36.6 Å². The molecule has 1 amide bonds. The van der Waals surface area contributed by atoms with Gasteiger partial charge in [0.15, 0.2) is 11.5 Å². The van der Waals surface area contributed by atoms with Crippen LogP contribution in [0.4, 0.5) is 11.4 Å². The van der Waals surface area contributed by atoms with E-state index in [0.29, 0.717) is 22.7 Å². The summed E-state index contributed by atoms with van der Waals surface area (Å²) in [4.78, 5) is 30.4. The number of Topliss-reactive ketones (excluding diaryl/α,β-unsaturated/α-hetero) is 1. The third-order valence-corrected chi connectivity index (χ3v) is 6.74. The molecule has 1 N–H and O–H groups in total. The van der Waals surface area contributed by atoms with Crippen molar-refractivity contribution in [2.45, 2.75) is 26.8 Å².